The summed E-state index contributed by atoms with van der Waals surface area (Å²) in [6.45, 7) is 1.85. The largest absolute Gasteiger partial charge is 0.481 e. The third-order valence-corrected chi connectivity index (χ3v) is 5.28. The Morgan fingerprint density at radius 1 is 1.07 bits per heavy atom. The highest BCUT2D eigenvalue weighted by Crippen LogP contribution is 2.27. The van der Waals surface area contributed by atoms with E-state index in [-0.39, 0.29) is 31.3 Å². The topological polar surface area (TPSA) is 86.7 Å². The molecular weight excluding hydrogens is 356 g/mol. The van der Waals surface area contributed by atoms with Crippen LogP contribution in [0.5, 0.6) is 0 Å². The van der Waals surface area contributed by atoms with Crippen molar-refractivity contribution in [1.29, 1.82) is 0 Å². The molecule has 0 fully saturated rings. The van der Waals surface area contributed by atoms with E-state index in [2.05, 4.69) is 5.32 Å². The van der Waals surface area contributed by atoms with Crippen molar-refractivity contribution in [3.63, 3.8) is 0 Å². The molecule has 0 saturated carbocycles. The molecule has 1 unspecified atom stereocenters. The van der Waals surface area contributed by atoms with Crippen LogP contribution >= 0.6 is 0 Å². The van der Waals surface area contributed by atoms with E-state index in [1.54, 1.807) is 36.1 Å². The van der Waals surface area contributed by atoms with Crippen LogP contribution in [0.15, 0.2) is 54.6 Å². The minimum absolute atomic E-state index is 0.00570. The summed E-state index contributed by atoms with van der Waals surface area (Å²) in [7, 11) is 0. The number of para-hydroxylation sites is 1. The summed E-state index contributed by atoms with van der Waals surface area (Å²) in [4.78, 5) is 38.1. The van der Waals surface area contributed by atoms with Gasteiger partial charge in [0.15, 0.2) is 0 Å². The number of benzene rings is 2. The number of fused-ring (bicyclic) bond motifs is 1. The molecule has 1 aliphatic rings. The molecule has 0 aliphatic carbocycles. The molecule has 28 heavy (non-hydrogen) atoms. The van der Waals surface area contributed by atoms with Crippen LogP contribution < -0.4 is 10.2 Å². The third kappa shape index (κ3) is 4.06. The van der Waals surface area contributed by atoms with Crippen LogP contribution in [0.25, 0.3) is 0 Å². The van der Waals surface area contributed by atoms with Crippen molar-refractivity contribution < 1.29 is 19.5 Å². The molecule has 2 aromatic carbocycles. The molecule has 0 aromatic heterocycles. The predicted octanol–water partition coefficient (Wildman–Crippen LogP) is 2.51. The van der Waals surface area contributed by atoms with Crippen molar-refractivity contribution in [3.05, 3.63) is 65.7 Å². The number of amides is 2. The summed E-state index contributed by atoms with van der Waals surface area (Å²) in [5.41, 5.74) is 1.36. The summed E-state index contributed by atoms with van der Waals surface area (Å²) in [6.07, 6.45) is 1.26. The predicted molar refractivity (Wildman–Crippen MR) is 106 cm³/mol. The van der Waals surface area contributed by atoms with Gasteiger partial charge in [0.1, 0.15) is 5.41 Å². The fraction of sp³-hybridized carbons (Fsp3) is 0.318. The number of nitrogens with zero attached hydrogens (tertiary/aromatic N) is 1. The highest BCUT2D eigenvalue weighted by Gasteiger charge is 2.35. The van der Waals surface area contributed by atoms with E-state index in [1.165, 1.54) is 0 Å². The number of aryl methyl sites for hydroxylation is 1. The zero-order chi connectivity index (χ0) is 20.1. The Balaban J connectivity index is 1.62. The van der Waals surface area contributed by atoms with Gasteiger partial charge in [0.2, 0.25) is 11.8 Å². The van der Waals surface area contributed by atoms with E-state index < -0.39 is 11.4 Å². The minimum Gasteiger partial charge on any atom is -0.481 e. The Hall–Kier alpha value is -3.15. The number of rotatable bonds is 7. The molecule has 6 nitrogen and oxygen atoms in total. The Labute approximate surface area is 164 Å². The fourth-order valence-corrected chi connectivity index (χ4v) is 3.43. The number of hydrogen-bond acceptors (Lipinski definition) is 3. The first-order chi connectivity index (χ1) is 13.4. The SMILES string of the molecule is CC(CNC(=O)CCN1C(=O)CCc2ccccc21)(C(=O)O)c1ccccc1. The lowest BCUT2D eigenvalue weighted by Crippen LogP contribution is -2.45. The zero-order valence-corrected chi connectivity index (χ0v) is 15.9. The van der Waals surface area contributed by atoms with Gasteiger partial charge < -0.3 is 15.3 Å². The van der Waals surface area contributed by atoms with E-state index in [0.717, 1.165) is 11.3 Å². The Morgan fingerprint density at radius 2 is 1.75 bits per heavy atom. The molecule has 0 radical (unpaired) electrons. The van der Waals surface area contributed by atoms with E-state index >= 15 is 0 Å². The molecule has 3 rings (SSSR count). The van der Waals surface area contributed by atoms with Crippen molar-refractivity contribution in [1.82, 2.24) is 5.32 Å². The number of hydrogen-bond donors (Lipinski definition) is 2. The lowest BCUT2D eigenvalue weighted by atomic mass is 9.82. The molecule has 2 N–H and O–H groups in total. The van der Waals surface area contributed by atoms with E-state index in [0.29, 0.717) is 18.4 Å². The van der Waals surface area contributed by atoms with Gasteiger partial charge in [0.25, 0.3) is 0 Å². The maximum atomic E-state index is 12.4. The van der Waals surface area contributed by atoms with Crippen LogP contribution in [0.3, 0.4) is 0 Å². The molecule has 2 aromatic rings. The third-order valence-electron chi connectivity index (χ3n) is 5.28. The molecule has 1 heterocycles. The molecule has 0 spiro atoms. The van der Waals surface area contributed by atoms with Crippen LogP contribution in [-0.4, -0.2) is 36.0 Å². The number of aliphatic carboxylic acids is 1. The first-order valence-electron chi connectivity index (χ1n) is 9.36. The van der Waals surface area contributed by atoms with Gasteiger partial charge in [-0.1, -0.05) is 48.5 Å². The summed E-state index contributed by atoms with van der Waals surface area (Å²) in [5.74, 6) is -1.27. The Kier molecular flexibility index (Phi) is 5.78. The minimum atomic E-state index is -1.22. The van der Waals surface area contributed by atoms with Crippen LogP contribution in [0.4, 0.5) is 5.69 Å². The normalized spacial score (nSPS) is 15.5. The average molecular weight is 380 g/mol. The monoisotopic (exact) mass is 380 g/mol. The zero-order valence-electron chi connectivity index (χ0n) is 15.9. The molecule has 6 heteroatoms. The Morgan fingerprint density at radius 3 is 2.46 bits per heavy atom. The number of carbonyl (C=O) groups excluding carboxylic acids is 2. The second-order valence-corrected chi connectivity index (χ2v) is 7.20. The van der Waals surface area contributed by atoms with Crippen molar-refractivity contribution in [3.8, 4) is 0 Å². The van der Waals surface area contributed by atoms with Gasteiger partial charge in [0, 0.05) is 31.6 Å². The smallest absolute Gasteiger partial charge is 0.315 e. The molecule has 146 valence electrons. The molecule has 2 amide bonds. The number of carboxylic acids is 1. The van der Waals surface area contributed by atoms with Gasteiger partial charge in [-0.15, -0.1) is 0 Å². The van der Waals surface area contributed by atoms with Crippen molar-refractivity contribution in [2.45, 2.75) is 31.6 Å². The van der Waals surface area contributed by atoms with Gasteiger partial charge in [-0.05, 0) is 30.5 Å². The van der Waals surface area contributed by atoms with Crippen molar-refractivity contribution in [2.24, 2.45) is 0 Å². The van der Waals surface area contributed by atoms with Crippen molar-refractivity contribution >= 4 is 23.5 Å². The fourth-order valence-electron chi connectivity index (χ4n) is 3.43. The molecule has 1 atom stereocenters. The summed E-state index contributed by atoms with van der Waals surface area (Å²) in [5, 5.41) is 12.4. The molecule has 0 saturated heterocycles. The van der Waals surface area contributed by atoms with Crippen LogP contribution in [0.2, 0.25) is 0 Å². The number of nitrogens with one attached hydrogen (secondary N) is 1. The molecular formula is C22H24N2O4. The van der Waals surface area contributed by atoms with E-state index in [9.17, 15) is 19.5 Å². The quantitative estimate of drug-likeness (QED) is 0.773. The summed E-state index contributed by atoms with van der Waals surface area (Å²) in [6, 6.07) is 16.5. The lowest BCUT2D eigenvalue weighted by Gasteiger charge is -2.29. The van der Waals surface area contributed by atoms with Crippen LogP contribution in [0, 0.1) is 0 Å². The van der Waals surface area contributed by atoms with Gasteiger partial charge in [-0.3, -0.25) is 14.4 Å². The van der Waals surface area contributed by atoms with Gasteiger partial charge >= 0.3 is 5.97 Å². The average Bonchev–Trinajstić information content (AvgIpc) is 2.71. The first kappa shape index (κ1) is 19.6. The van der Waals surface area contributed by atoms with Gasteiger partial charge in [0.05, 0.1) is 0 Å². The lowest BCUT2D eigenvalue weighted by molar-refractivity contribution is -0.143. The standard InChI is InChI=1S/C22H24N2O4/c1-22(21(27)28,17-8-3-2-4-9-17)15-23-19(25)13-14-24-18-10-6-5-7-16(18)11-12-20(24)26/h2-10H,11-15H2,1H3,(H,23,25)(H,27,28). The maximum Gasteiger partial charge on any atom is 0.315 e. The second-order valence-electron chi connectivity index (χ2n) is 7.20. The van der Waals surface area contributed by atoms with Crippen LogP contribution in [-0.2, 0) is 26.2 Å². The second kappa shape index (κ2) is 8.25. The van der Waals surface area contributed by atoms with Crippen molar-refractivity contribution in [2.75, 3.05) is 18.0 Å². The maximum absolute atomic E-state index is 12.4. The molecule has 0 bridgehead atoms. The number of anilines is 1. The highest BCUT2D eigenvalue weighted by atomic mass is 16.4. The van der Waals surface area contributed by atoms with E-state index in [1.807, 2.05) is 30.3 Å². The molecule has 1 aliphatic heterocycles. The highest BCUT2D eigenvalue weighted by molar-refractivity contribution is 5.97. The first-order valence-corrected chi connectivity index (χ1v) is 9.36. The van der Waals surface area contributed by atoms with Crippen LogP contribution in [0.1, 0.15) is 30.9 Å². The summed E-state index contributed by atoms with van der Waals surface area (Å²) < 4.78 is 0. The summed E-state index contributed by atoms with van der Waals surface area (Å²) >= 11 is 0. The van der Waals surface area contributed by atoms with Gasteiger partial charge in [-0.25, -0.2) is 0 Å². The number of carboxylic acid groups (broad SMARTS) is 1. The van der Waals surface area contributed by atoms with E-state index in [4.69, 9.17) is 0 Å². The Bertz CT molecular complexity index is 881. The van der Waals surface area contributed by atoms with Gasteiger partial charge in [-0.2, -0.15) is 0 Å². The number of carbonyl (C=O) groups is 3.